The average molecular weight is 212 g/mol. The van der Waals surface area contributed by atoms with E-state index in [2.05, 4.69) is 5.32 Å². The monoisotopic (exact) mass is 212 g/mol. The van der Waals surface area contributed by atoms with Crippen LogP contribution in [0.15, 0.2) is 0 Å². The van der Waals surface area contributed by atoms with E-state index >= 15 is 0 Å². The van der Waals surface area contributed by atoms with E-state index in [-0.39, 0.29) is 5.91 Å². The first-order valence-electron chi connectivity index (χ1n) is 5.86. The molecule has 1 amide bonds. The van der Waals surface area contributed by atoms with Crippen LogP contribution in [0.2, 0.25) is 0 Å². The highest BCUT2D eigenvalue weighted by molar-refractivity contribution is 5.85. The molecule has 0 aromatic heterocycles. The van der Waals surface area contributed by atoms with Crippen LogP contribution in [-0.4, -0.2) is 49.2 Å². The fourth-order valence-electron chi connectivity index (χ4n) is 2.31. The lowest BCUT2D eigenvalue weighted by atomic mass is 9.94. The summed E-state index contributed by atoms with van der Waals surface area (Å²) in [7, 11) is 0. The third-order valence-corrected chi connectivity index (χ3v) is 3.33. The molecule has 1 N–H and O–H groups in total. The molecule has 2 saturated heterocycles. The van der Waals surface area contributed by atoms with Gasteiger partial charge in [0.2, 0.25) is 0 Å². The average Bonchev–Trinajstić information content (AvgIpc) is 2.30. The van der Waals surface area contributed by atoms with Gasteiger partial charge in [0, 0.05) is 32.8 Å². The summed E-state index contributed by atoms with van der Waals surface area (Å²) in [5, 5.41) is 3.25. The van der Waals surface area contributed by atoms with Gasteiger partial charge in [-0.25, -0.2) is 0 Å². The van der Waals surface area contributed by atoms with Gasteiger partial charge in [-0.05, 0) is 26.2 Å². The molecule has 86 valence electrons. The van der Waals surface area contributed by atoms with Crippen molar-refractivity contribution in [3.8, 4) is 0 Å². The number of rotatable bonds is 1. The van der Waals surface area contributed by atoms with Gasteiger partial charge >= 0.3 is 0 Å². The molecule has 0 aliphatic carbocycles. The van der Waals surface area contributed by atoms with Gasteiger partial charge in [-0.1, -0.05) is 0 Å². The van der Waals surface area contributed by atoms with E-state index in [1.807, 2.05) is 11.8 Å². The van der Waals surface area contributed by atoms with Crippen molar-refractivity contribution in [3.63, 3.8) is 0 Å². The highest BCUT2D eigenvalue weighted by atomic mass is 16.5. The van der Waals surface area contributed by atoms with E-state index in [1.165, 1.54) is 0 Å². The van der Waals surface area contributed by atoms with E-state index in [0.29, 0.717) is 0 Å². The lowest BCUT2D eigenvalue weighted by Gasteiger charge is -2.38. The molecule has 4 heteroatoms. The zero-order chi connectivity index (χ0) is 10.7. The number of nitrogens with zero attached hydrogens (tertiary/aromatic N) is 1. The maximum absolute atomic E-state index is 12.2. The van der Waals surface area contributed by atoms with Crippen LogP contribution >= 0.6 is 0 Å². The van der Waals surface area contributed by atoms with Crippen molar-refractivity contribution in [2.75, 3.05) is 32.8 Å². The number of hydrogen-bond acceptors (Lipinski definition) is 3. The summed E-state index contributed by atoms with van der Waals surface area (Å²) in [6.45, 7) is 6.12. The Morgan fingerprint density at radius 2 is 2.07 bits per heavy atom. The molecule has 0 aromatic carbocycles. The number of nitrogens with one attached hydrogen (secondary N) is 1. The second-order valence-electron chi connectivity index (χ2n) is 4.58. The molecule has 0 spiro atoms. The maximum Gasteiger partial charge on any atom is 0.254 e. The first-order chi connectivity index (χ1) is 7.22. The number of carbonyl (C=O) groups is 1. The van der Waals surface area contributed by atoms with E-state index in [1.54, 1.807) is 0 Å². The van der Waals surface area contributed by atoms with Crippen molar-refractivity contribution in [2.45, 2.75) is 31.8 Å². The molecular formula is C11H20N2O2. The number of amides is 1. The molecule has 2 aliphatic rings. The normalized spacial score (nSPS) is 32.7. The Morgan fingerprint density at radius 3 is 2.67 bits per heavy atom. The van der Waals surface area contributed by atoms with Crippen LogP contribution in [0.5, 0.6) is 0 Å². The summed E-state index contributed by atoms with van der Waals surface area (Å²) in [5.41, 5.74) is -0.546. The zero-order valence-corrected chi connectivity index (χ0v) is 9.42. The Bertz CT molecular complexity index is 231. The van der Waals surface area contributed by atoms with Crippen molar-refractivity contribution >= 4 is 5.91 Å². The Kier molecular flexibility index (Phi) is 3.26. The van der Waals surface area contributed by atoms with Crippen molar-refractivity contribution < 1.29 is 9.53 Å². The summed E-state index contributed by atoms with van der Waals surface area (Å²) in [5.74, 6) is 0.184. The van der Waals surface area contributed by atoms with Crippen molar-refractivity contribution in [1.29, 1.82) is 0 Å². The Hall–Kier alpha value is -0.610. The molecule has 0 radical (unpaired) electrons. The van der Waals surface area contributed by atoms with Crippen LogP contribution in [0.25, 0.3) is 0 Å². The smallest absolute Gasteiger partial charge is 0.254 e. The molecule has 2 aliphatic heterocycles. The van der Waals surface area contributed by atoms with Crippen LogP contribution in [0.3, 0.4) is 0 Å². The van der Waals surface area contributed by atoms with Crippen molar-refractivity contribution in [3.05, 3.63) is 0 Å². The second-order valence-corrected chi connectivity index (χ2v) is 4.58. The number of hydrogen-bond donors (Lipinski definition) is 1. The number of carbonyl (C=O) groups excluding carboxylic acids is 1. The summed E-state index contributed by atoms with van der Waals surface area (Å²) in [6.07, 6.45) is 3.06. The van der Waals surface area contributed by atoms with Gasteiger partial charge < -0.3 is 15.0 Å². The Balaban J connectivity index is 1.98. The molecule has 2 heterocycles. The number of piperazine rings is 1. The van der Waals surface area contributed by atoms with E-state index in [4.69, 9.17) is 4.74 Å². The fraction of sp³-hybridized carbons (Fsp3) is 0.909. The molecule has 2 fully saturated rings. The first-order valence-corrected chi connectivity index (χ1v) is 5.86. The molecule has 0 bridgehead atoms. The van der Waals surface area contributed by atoms with Crippen LogP contribution in [-0.2, 0) is 9.53 Å². The van der Waals surface area contributed by atoms with Gasteiger partial charge in [-0.3, -0.25) is 4.79 Å². The third-order valence-electron chi connectivity index (χ3n) is 3.33. The molecule has 0 aromatic rings. The van der Waals surface area contributed by atoms with Gasteiger partial charge in [0.15, 0.2) is 0 Å². The molecular weight excluding hydrogens is 192 g/mol. The highest BCUT2D eigenvalue weighted by Gasteiger charge is 2.39. The highest BCUT2D eigenvalue weighted by Crippen LogP contribution is 2.26. The molecule has 4 nitrogen and oxygen atoms in total. The zero-order valence-electron chi connectivity index (χ0n) is 9.42. The predicted octanol–water partition coefficient (Wildman–Crippen LogP) is 0.377. The Labute approximate surface area is 91.0 Å². The van der Waals surface area contributed by atoms with Crippen LogP contribution in [0.1, 0.15) is 26.2 Å². The van der Waals surface area contributed by atoms with Gasteiger partial charge in [-0.15, -0.1) is 0 Å². The predicted molar refractivity (Wildman–Crippen MR) is 57.7 cm³/mol. The van der Waals surface area contributed by atoms with Gasteiger partial charge in [0.25, 0.3) is 5.91 Å². The number of ether oxygens (including phenoxy) is 1. The summed E-state index contributed by atoms with van der Waals surface area (Å²) in [6, 6.07) is 0. The van der Waals surface area contributed by atoms with Crippen LogP contribution < -0.4 is 5.32 Å². The molecule has 1 unspecified atom stereocenters. The van der Waals surface area contributed by atoms with Crippen LogP contribution in [0.4, 0.5) is 0 Å². The van der Waals surface area contributed by atoms with Crippen molar-refractivity contribution in [1.82, 2.24) is 10.2 Å². The lowest BCUT2D eigenvalue weighted by Crippen LogP contribution is -2.55. The SMILES string of the molecule is CC1(C(=O)N2CCNCC2)CCCCO1. The summed E-state index contributed by atoms with van der Waals surface area (Å²) < 4.78 is 5.67. The fourth-order valence-corrected chi connectivity index (χ4v) is 2.31. The third kappa shape index (κ3) is 2.32. The Morgan fingerprint density at radius 1 is 1.33 bits per heavy atom. The van der Waals surface area contributed by atoms with E-state index < -0.39 is 5.60 Å². The summed E-state index contributed by atoms with van der Waals surface area (Å²) in [4.78, 5) is 14.2. The van der Waals surface area contributed by atoms with Crippen molar-refractivity contribution in [2.24, 2.45) is 0 Å². The summed E-state index contributed by atoms with van der Waals surface area (Å²) >= 11 is 0. The standard InChI is InChI=1S/C11H20N2O2/c1-11(4-2-3-9-15-11)10(14)13-7-5-12-6-8-13/h12H,2-9H2,1H3. The largest absolute Gasteiger partial charge is 0.365 e. The van der Waals surface area contributed by atoms with Crippen LogP contribution in [0, 0.1) is 0 Å². The van der Waals surface area contributed by atoms with Gasteiger partial charge in [-0.2, -0.15) is 0 Å². The lowest BCUT2D eigenvalue weighted by molar-refractivity contribution is -0.162. The van der Waals surface area contributed by atoms with E-state index in [9.17, 15) is 4.79 Å². The first kappa shape index (κ1) is 10.9. The molecule has 15 heavy (non-hydrogen) atoms. The molecule has 0 saturated carbocycles. The van der Waals surface area contributed by atoms with Gasteiger partial charge in [0.05, 0.1) is 0 Å². The topological polar surface area (TPSA) is 41.6 Å². The molecule has 2 rings (SSSR count). The minimum atomic E-state index is -0.546. The van der Waals surface area contributed by atoms with Gasteiger partial charge in [0.1, 0.15) is 5.60 Å². The van der Waals surface area contributed by atoms with E-state index in [0.717, 1.165) is 52.0 Å². The molecule has 1 atom stereocenters. The quantitative estimate of drug-likeness (QED) is 0.683. The maximum atomic E-state index is 12.2. The second kappa shape index (κ2) is 4.49. The minimum Gasteiger partial charge on any atom is -0.365 e. The minimum absolute atomic E-state index is 0.184.